The van der Waals surface area contributed by atoms with Crippen molar-refractivity contribution in [1.29, 1.82) is 0 Å². The van der Waals surface area contributed by atoms with E-state index in [1.165, 1.54) is 16.9 Å². The van der Waals surface area contributed by atoms with Crippen molar-refractivity contribution in [2.24, 2.45) is 5.41 Å². The van der Waals surface area contributed by atoms with E-state index in [2.05, 4.69) is 32.1 Å². The van der Waals surface area contributed by atoms with Gasteiger partial charge in [-0.05, 0) is 101 Å². The number of nitrogens with zero attached hydrogens (tertiary/aromatic N) is 1. The van der Waals surface area contributed by atoms with E-state index in [1.54, 1.807) is 0 Å². The predicted molar refractivity (Wildman–Crippen MR) is 150 cm³/mol. The molecule has 3 aliphatic rings. The lowest BCUT2D eigenvalue weighted by Gasteiger charge is -2.45. The van der Waals surface area contributed by atoms with Crippen molar-refractivity contribution in [3.63, 3.8) is 0 Å². The first kappa shape index (κ1) is 28.2. The average Bonchev–Trinajstić information content (AvgIpc) is 3.38. The van der Waals surface area contributed by atoms with Crippen LogP contribution in [0.3, 0.4) is 0 Å². The van der Waals surface area contributed by atoms with Crippen molar-refractivity contribution >= 4 is 17.1 Å². The van der Waals surface area contributed by atoms with E-state index in [4.69, 9.17) is 0 Å². The number of likely N-dealkylation sites (N-methyl/N-ethyl adjacent to an activating group) is 1. The molecule has 6 heteroatoms. The number of aliphatic hydroxyl groups is 3. The number of allylic oxidation sites excluding steroid dienone is 2. The van der Waals surface area contributed by atoms with Crippen molar-refractivity contribution < 1.29 is 20.1 Å². The normalized spacial score (nSPS) is 28.7. The van der Waals surface area contributed by atoms with E-state index in [1.807, 2.05) is 37.1 Å². The van der Waals surface area contributed by atoms with Crippen molar-refractivity contribution in [1.82, 2.24) is 4.90 Å². The number of ketones is 1. The molecule has 1 saturated carbocycles. The van der Waals surface area contributed by atoms with E-state index < -0.39 is 17.1 Å². The summed E-state index contributed by atoms with van der Waals surface area (Å²) in [5.41, 5.74) is 2.58. The van der Waals surface area contributed by atoms with Gasteiger partial charge in [-0.25, -0.2) is 0 Å². The summed E-state index contributed by atoms with van der Waals surface area (Å²) in [6.07, 6.45) is 6.95. The standard InChI is InChI=1S/C31H43NO4S/c1-21-6-5-14-30(3)27(13-15-31(30,36)20-32(4)16-17-33)25-11-9-23(18-24(34)10-7-21)19-26(25)29(35)28-12-8-22(2)37-28/h6,8-9,11-12,19,24,27,33-34,36H,5,7,10,13-18,20H2,1-4H3/t24-,27-,30-,31+/m0/s1. The van der Waals surface area contributed by atoms with Crippen LogP contribution in [0, 0.1) is 12.3 Å². The molecule has 0 saturated heterocycles. The summed E-state index contributed by atoms with van der Waals surface area (Å²) < 4.78 is 0. The van der Waals surface area contributed by atoms with E-state index in [9.17, 15) is 20.1 Å². The first-order valence-electron chi connectivity index (χ1n) is 13.7. The molecule has 5 rings (SSSR count). The smallest absolute Gasteiger partial charge is 0.203 e. The summed E-state index contributed by atoms with van der Waals surface area (Å²) in [5, 5.41) is 32.4. The molecule has 0 spiro atoms. The number of hydrogen-bond donors (Lipinski definition) is 3. The highest BCUT2D eigenvalue weighted by molar-refractivity contribution is 7.14. The molecule has 2 aromatic rings. The number of aryl methyl sites for hydroxylation is 1. The summed E-state index contributed by atoms with van der Waals surface area (Å²) in [6, 6.07) is 10.1. The molecule has 5 nitrogen and oxygen atoms in total. The second-order valence-corrected chi connectivity index (χ2v) is 12.9. The number of fused-ring (bicyclic) bond motifs is 8. The van der Waals surface area contributed by atoms with Crippen LogP contribution < -0.4 is 0 Å². The second kappa shape index (κ2) is 11.5. The Morgan fingerprint density at radius 3 is 2.65 bits per heavy atom. The number of carbonyl (C=O) groups excluding carboxylic acids is 1. The average molecular weight is 526 g/mol. The molecule has 1 aromatic carbocycles. The molecule has 0 aliphatic heterocycles. The minimum absolute atomic E-state index is 0.0238. The largest absolute Gasteiger partial charge is 0.395 e. The van der Waals surface area contributed by atoms with Crippen LogP contribution in [0.5, 0.6) is 0 Å². The lowest BCUT2D eigenvalue weighted by molar-refractivity contribution is -0.0810. The highest BCUT2D eigenvalue weighted by Crippen LogP contribution is 2.58. The van der Waals surface area contributed by atoms with Crippen LogP contribution >= 0.6 is 11.3 Å². The van der Waals surface area contributed by atoms with Gasteiger partial charge in [-0.2, -0.15) is 0 Å². The molecule has 1 fully saturated rings. The number of carbonyl (C=O) groups is 1. The molecule has 1 aromatic heterocycles. The zero-order chi connectivity index (χ0) is 26.8. The first-order chi connectivity index (χ1) is 17.6. The predicted octanol–water partition coefficient (Wildman–Crippen LogP) is 5.25. The van der Waals surface area contributed by atoms with E-state index >= 15 is 0 Å². The lowest BCUT2D eigenvalue weighted by Crippen LogP contribution is -2.52. The van der Waals surface area contributed by atoms with Crippen LogP contribution in [0.25, 0.3) is 0 Å². The maximum absolute atomic E-state index is 13.9. The highest BCUT2D eigenvalue weighted by atomic mass is 32.1. The fraction of sp³-hybridized carbons (Fsp3) is 0.581. The number of aliphatic hydroxyl groups excluding tert-OH is 2. The Balaban J connectivity index is 1.83. The van der Waals surface area contributed by atoms with Crippen molar-refractivity contribution in [3.8, 4) is 0 Å². The Bertz CT molecular complexity index is 1140. The van der Waals surface area contributed by atoms with Gasteiger partial charge in [0, 0.05) is 28.9 Å². The summed E-state index contributed by atoms with van der Waals surface area (Å²) in [4.78, 5) is 17.7. The monoisotopic (exact) mass is 525 g/mol. The van der Waals surface area contributed by atoms with Gasteiger partial charge >= 0.3 is 0 Å². The molecule has 37 heavy (non-hydrogen) atoms. The van der Waals surface area contributed by atoms with E-state index in [0.29, 0.717) is 37.9 Å². The topological polar surface area (TPSA) is 81.0 Å². The minimum Gasteiger partial charge on any atom is -0.395 e. The number of thiophene rings is 1. The Morgan fingerprint density at radius 2 is 1.95 bits per heavy atom. The minimum atomic E-state index is -0.935. The lowest BCUT2D eigenvalue weighted by atomic mass is 9.64. The molecule has 2 bridgehead atoms. The molecule has 0 unspecified atom stereocenters. The van der Waals surface area contributed by atoms with Crippen LogP contribution in [0.15, 0.2) is 42.0 Å². The van der Waals surface area contributed by atoms with Gasteiger partial charge in [0.1, 0.15) is 0 Å². The maximum atomic E-state index is 13.9. The third-order valence-corrected chi connectivity index (χ3v) is 9.89. The van der Waals surface area contributed by atoms with Gasteiger partial charge < -0.3 is 20.2 Å². The SMILES string of the molecule is CC1=CCC[C@@]2(C)[C@@H](CC[C@@]2(O)CN(C)CCO)c2ccc(cc2C(=O)c2ccc(C)s2)C[C@@H](O)CC1. The summed E-state index contributed by atoms with van der Waals surface area (Å²) in [7, 11) is 1.95. The van der Waals surface area contributed by atoms with E-state index in [0.717, 1.165) is 46.6 Å². The molecule has 202 valence electrons. The molecular formula is C31H43NO4S. The van der Waals surface area contributed by atoms with Gasteiger partial charge in [0.25, 0.3) is 0 Å². The Labute approximate surface area is 225 Å². The third-order valence-electron chi connectivity index (χ3n) is 8.89. The zero-order valence-corrected chi connectivity index (χ0v) is 23.6. The molecule has 0 amide bonds. The fourth-order valence-electron chi connectivity index (χ4n) is 6.58. The molecule has 3 N–H and O–H groups in total. The van der Waals surface area contributed by atoms with Crippen LogP contribution in [-0.2, 0) is 6.42 Å². The van der Waals surface area contributed by atoms with E-state index in [-0.39, 0.29) is 18.3 Å². The summed E-state index contributed by atoms with van der Waals surface area (Å²) >= 11 is 1.52. The Hall–Kier alpha value is -1.83. The van der Waals surface area contributed by atoms with Crippen LogP contribution in [0.4, 0.5) is 0 Å². The van der Waals surface area contributed by atoms with Crippen LogP contribution in [-0.4, -0.2) is 64.5 Å². The van der Waals surface area contributed by atoms with Crippen LogP contribution in [0.2, 0.25) is 0 Å². The molecule has 3 aliphatic carbocycles. The second-order valence-electron chi connectivity index (χ2n) is 11.6. The zero-order valence-electron chi connectivity index (χ0n) is 22.8. The van der Waals surface area contributed by atoms with Gasteiger partial charge in [-0.1, -0.05) is 30.7 Å². The molecule has 0 radical (unpaired) electrons. The number of hydrogen-bond acceptors (Lipinski definition) is 6. The van der Waals surface area contributed by atoms with Crippen molar-refractivity contribution in [2.45, 2.75) is 83.3 Å². The van der Waals surface area contributed by atoms with Gasteiger partial charge in [-0.3, -0.25) is 4.79 Å². The van der Waals surface area contributed by atoms with Crippen molar-refractivity contribution in [2.75, 3.05) is 26.7 Å². The Morgan fingerprint density at radius 1 is 1.16 bits per heavy atom. The molecule has 4 atom stereocenters. The maximum Gasteiger partial charge on any atom is 0.203 e. The third kappa shape index (κ3) is 5.94. The van der Waals surface area contributed by atoms with Gasteiger partial charge in [-0.15, -0.1) is 11.3 Å². The highest BCUT2D eigenvalue weighted by Gasteiger charge is 2.57. The summed E-state index contributed by atoms with van der Waals surface area (Å²) in [5.74, 6) is 0.0538. The van der Waals surface area contributed by atoms with Crippen molar-refractivity contribution in [3.05, 3.63) is 68.4 Å². The van der Waals surface area contributed by atoms with Gasteiger partial charge in [0.05, 0.1) is 23.2 Å². The fourth-order valence-corrected chi connectivity index (χ4v) is 7.40. The first-order valence-corrected chi connectivity index (χ1v) is 14.5. The van der Waals surface area contributed by atoms with Gasteiger partial charge in [0.15, 0.2) is 0 Å². The van der Waals surface area contributed by atoms with Gasteiger partial charge in [0.2, 0.25) is 5.78 Å². The Kier molecular flexibility index (Phi) is 8.76. The summed E-state index contributed by atoms with van der Waals surface area (Å²) in [6.45, 7) is 7.40. The number of benzene rings is 1. The quantitative estimate of drug-likeness (QED) is 0.355. The van der Waals surface area contributed by atoms with Crippen LogP contribution in [0.1, 0.15) is 89.5 Å². The number of rotatable bonds is 6. The molecular weight excluding hydrogens is 482 g/mol. The molecule has 1 heterocycles.